The summed E-state index contributed by atoms with van der Waals surface area (Å²) in [5.41, 5.74) is 2.96. The van der Waals surface area contributed by atoms with E-state index in [0.29, 0.717) is 5.69 Å². The first kappa shape index (κ1) is 15.9. The molecule has 1 atom stereocenters. The fourth-order valence-electron chi connectivity index (χ4n) is 1.97. The summed E-state index contributed by atoms with van der Waals surface area (Å²) in [7, 11) is 0. The Morgan fingerprint density at radius 3 is 2.18 bits per heavy atom. The lowest BCUT2D eigenvalue weighted by Crippen LogP contribution is -2.19. The van der Waals surface area contributed by atoms with Gasteiger partial charge in [-0.1, -0.05) is 31.2 Å². The van der Waals surface area contributed by atoms with Crippen molar-refractivity contribution < 1.29 is 14.6 Å². The van der Waals surface area contributed by atoms with Crippen LogP contribution in [-0.2, 0) is 11.2 Å². The molecule has 4 heteroatoms. The number of hydrogen-bond acceptors (Lipinski definition) is 3. The third kappa shape index (κ3) is 4.81. The maximum absolute atomic E-state index is 11.6. The van der Waals surface area contributed by atoms with Crippen LogP contribution in [-0.4, -0.2) is 17.3 Å². The van der Waals surface area contributed by atoms with E-state index in [1.807, 2.05) is 50.2 Å². The molecule has 22 heavy (non-hydrogen) atoms. The van der Waals surface area contributed by atoms with Crippen molar-refractivity contribution in [1.82, 2.24) is 0 Å². The van der Waals surface area contributed by atoms with Crippen molar-refractivity contribution in [2.24, 2.45) is 0 Å². The average Bonchev–Trinajstić information content (AvgIpc) is 2.51. The lowest BCUT2D eigenvalue weighted by molar-refractivity contribution is 0.118. The van der Waals surface area contributed by atoms with E-state index in [0.717, 1.165) is 24.0 Å². The highest BCUT2D eigenvalue weighted by atomic mass is 16.6. The number of hydrogen-bond donors (Lipinski definition) is 2. The molecule has 2 rings (SSSR count). The van der Waals surface area contributed by atoms with Crippen LogP contribution in [0.1, 0.15) is 31.4 Å². The molecule has 2 aromatic carbocycles. The summed E-state index contributed by atoms with van der Waals surface area (Å²) in [6, 6.07) is 14.8. The van der Waals surface area contributed by atoms with Crippen molar-refractivity contribution in [3.8, 4) is 5.75 Å². The molecule has 0 spiro atoms. The fourth-order valence-corrected chi connectivity index (χ4v) is 1.97. The topological polar surface area (TPSA) is 58.6 Å². The Bertz CT molecular complexity index is 605. The van der Waals surface area contributed by atoms with Gasteiger partial charge in [-0.15, -0.1) is 0 Å². The van der Waals surface area contributed by atoms with Gasteiger partial charge < -0.3 is 9.84 Å². The zero-order valence-electron chi connectivity index (χ0n) is 12.9. The zero-order chi connectivity index (χ0) is 15.9. The van der Waals surface area contributed by atoms with Crippen LogP contribution in [0.15, 0.2) is 48.5 Å². The second-order valence-corrected chi connectivity index (χ2v) is 5.29. The van der Waals surface area contributed by atoms with Crippen LogP contribution in [0.25, 0.3) is 0 Å². The Labute approximate surface area is 130 Å². The number of anilines is 1. The molecule has 0 aliphatic carbocycles. The normalized spacial score (nSPS) is 11.7. The number of ether oxygens (including phenoxy) is 1. The Kier molecular flexibility index (Phi) is 5.42. The standard InChI is InChI=1S/C18H21NO3/c1-3-13(2)22-18(21)19-16-8-4-14(5-9-16)12-15-6-10-17(20)11-7-15/h4-11,13,20H,3,12H2,1-2H3,(H,19,21). The van der Waals surface area contributed by atoms with Crippen LogP contribution in [0, 0.1) is 0 Å². The zero-order valence-corrected chi connectivity index (χ0v) is 12.9. The average molecular weight is 299 g/mol. The maximum atomic E-state index is 11.6. The molecule has 0 heterocycles. The molecule has 0 bridgehead atoms. The number of phenolic OH excluding ortho intramolecular Hbond substituents is 1. The van der Waals surface area contributed by atoms with E-state index in [4.69, 9.17) is 4.74 Å². The van der Waals surface area contributed by atoms with Gasteiger partial charge in [0.1, 0.15) is 11.9 Å². The van der Waals surface area contributed by atoms with Crippen molar-refractivity contribution in [1.29, 1.82) is 0 Å². The fraction of sp³-hybridized carbons (Fsp3) is 0.278. The van der Waals surface area contributed by atoms with Gasteiger partial charge in [-0.2, -0.15) is 0 Å². The third-order valence-corrected chi connectivity index (χ3v) is 3.43. The van der Waals surface area contributed by atoms with E-state index in [1.54, 1.807) is 12.1 Å². The summed E-state index contributed by atoms with van der Waals surface area (Å²) in [5.74, 6) is 0.267. The van der Waals surface area contributed by atoms with Gasteiger partial charge in [-0.05, 0) is 55.2 Å². The predicted molar refractivity (Wildman–Crippen MR) is 87.2 cm³/mol. The van der Waals surface area contributed by atoms with Crippen molar-refractivity contribution >= 4 is 11.8 Å². The summed E-state index contributed by atoms with van der Waals surface area (Å²) < 4.78 is 5.17. The number of carbonyl (C=O) groups is 1. The highest BCUT2D eigenvalue weighted by molar-refractivity contribution is 5.84. The number of carbonyl (C=O) groups excluding carboxylic acids is 1. The first-order valence-electron chi connectivity index (χ1n) is 7.41. The summed E-state index contributed by atoms with van der Waals surface area (Å²) in [4.78, 5) is 11.6. The lowest BCUT2D eigenvalue weighted by Gasteiger charge is -2.12. The van der Waals surface area contributed by atoms with Gasteiger partial charge in [-0.25, -0.2) is 4.79 Å². The molecular weight excluding hydrogens is 278 g/mol. The van der Waals surface area contributed by atoms with E-state index >= 15 is 0 Å². The molecule has 0 saturated carbocycles. The first-order valence-corrected chi connectivity index (χ1v) is 7.41. The van der Waals surface area contributed by atoms with Crippen molar-refractivity contribution in [2.45, 2.75) is 32.8 Å². The molecule has 0 aliphatic heterocycles. The van der Waals surface area contributed by atoms with Gasteiger partial charge in [0, 0.05) is 5.69 Å². The highest BCUT2D eigenvalue weighted by Gasteiger charge is 2.07. The minimum Gasteiger partial charge on any atom is -0.508 e. The number of benzene rings is 2. The van der Waals surface area contributed by atoms with E-state index in [9.17, 15) is 9.90 Å². The quantitative estimate of drug-likeness (QED) is 0.864. The lowest BCUT2D eigenvalue weighted by atomic mass is 10.0. The Hall–Kier alpha value is -2.49. The van der Waals surface area contributed by atoms with Crippen LogP contribution in [0.3, 0.4) is 0 Å². The van der Waals surface area contributed by atoms with E-state index in [2.05, 4.69) is 5.32 Å². The molecule has 1 unspecified atom stereocenters. The van der Waals surface area contributed by atoms with Crippen LogP contribution in [0.2, 0.25) is 0 Å². The van der Waals surface area contributed by atoms with E-state index in [1.165, 1.54) is 0 Å². The molecule has 1 amide bonds. The molecule has 2 aromatic rings. The number of phenols is 1. The van der Waals surface area contributed by atoms with Crippen molar-refractivity contribution in [2.75, 3.05) is 5.32 Å². The van der Waals surface area contributed by atoms with Crippen LogP contribution < -0.4 is 5.32 Å². The first-order chi connectivity index (χ1) is 10.6. The molecule has 0 aliphatic rings. The van der Waals surface area contributed by atoms with Gasteiger partial charge in [0.25, 0.3) is 0 Å². The second kappa shape index (κ2) is 7.50. The third-order valence-electron chi connectivity index (χ3n) is 3.43. The van der Waals surface area contributed by atoms with E-state index in [-0.39, 0.29) is 11.9 Å². The van der Waals surface area contributed by atoms with Crippen molar-refractivity contribution in [3.05, 3.63) is 59.7 Å². The number of nitrogens with one attached hydrogen (secondary N) is 1. The minimum absolute atomic E-state index is 0.0891. The predicted octanol–water partition coefficient (Wildman–Crippen LogP) is 4.33. The van der Waals surface area contributed by atoms with E-state index < -0.39 is 6.09 Å². The Balaban J connectivity index is 1.92. The highest BCUT2D eigenvalue weighted by Crippen LogP contribution is 2.16. The van der Waals surface area contributed by atoms with Gasteiger partial charge in [0.05, 0.1) is 0 Å². The van der Waals surface area contributed by atoms with Gasteiger partial charge in [-0.3, -0.25) is 5.32 Å². The Morgan fingerprint density at radius 1 is 1.09 bits per heavy atom. The summed E-state index contributed by atoms with van der Waals surface area (Å²) >= 11 is 0. The van der Waals surface area contributed by atoms with Crippen molar-refractivity contribution in [3.63, 3.8) is 0 Å². The second-order valence-electron chi connectivity index (χ2n) is 5.29. The summed E-state index contributed by atoms with van der Waals surface area (Å²) in [6.45, 7) is 3.83. The number of rotatable bonds is 5. The molecular formula is C18H21NO3. The largest absolute Gasteiger partial charge is 0.508 e. The SMILES string of the molecule is CCC(C)OC(=O)Nc1ccc(Cc2ccc(O)cc2)cc1. The van der Waals surface area contributed by atoms with Gasteiger partial charge >= 0.3 is 6.09 Å². The van der Waals surface area contributed by atoms with Crippen LogP contribution >= 0.6 is 0 Å². The molecule has 4 nitrogen and oxygen atoms in total. The molecule has 0 saturated heterocycles. The van der Waals surface area contributed by atoms with Crippen LogP contribution in [0.5, 0.6) is 5.75 Å². The molecule has 116 valence electrons. The monoisotopic (exact) mass is 299 g/mol. The summed E-state index contributed by atoms with van der Waals surface area (Å²) in [5, 5.41) is 12.0. The summed E-state index contributed by atoms with van der Waals surface area (Å²) in [6.07, 6.45) is 1.05. The molecule has 2 N–H and O–H groups in total. The smallest absolute Gasteiger partial charge is 0.411 e. The number of aromatic hydroxyl groups is 1. The molecule has 0 aromatic heterocycles. The van der Waals surface area contributed by atoms with Gasteiger partial charge in [0.2, 0.25) is 0 Å². The maximum Gasteiger partial charge on any atom is 0.411 e. The van der Waals surface area contributed by atoms with Crippen LogP contribution in [0.4, 0.5) is 10.5 Å². The Morgan fingerprint density at radius 2 is 1.64 bits per heavy atom. The molecule has 0 fully saturated rings. The van der Waals surface area contributed by atoms with Gasteiger partial charge in [0.15, 0.2) is 0 Å². The minimum atomic E-state index is -0.430. The number of amides is 1. The molecule has 0 radical (unpaired) electrons.